The summed E-state index contributed by atoms with van der Waals surface area (Å²) in [5.74, 6) is 1.71. The Hall–Kier alpha value is -3.55. The zero-order valence-electron chi connectivity index (χ0n) is 20.4. The first-order valence-corrected chi connectivity index (χ1v) is 12.4. The third-order valence-corrected chi connectivity index (χ3v) is 6.40. The molecule has 0 aromatic heterocycles. The third kappa shape index (κ3) is 5.48. The number of rotatable bonds is 9. The summed E-state index contributed by atoms with van der Waals surface area (Å²) < 4.78 is 17.3. The van der Waals surface area contributed by atoms with E-state index in [4.69, 9.17) is 38.0 Å². The van der Waals surface area contributed by atoms with Gasteiger partial charge in [-0.1, -0.05) is 35.9 Å². The summed E-state index contributed by atoms with van der Waals surface area (Å²) in [7, 11) is 1.78. The first kappa shape index (κ1) is 25.5. The molecule has 1 aliphatic heterocycles. The number of thiocarbonyl (C=S) groups is 1. The lowest BCUT2D eigenvalue weighted by molar-refractivity contribution is -0.114. The number of anilines is 1. The maximum atomic E-state index is 13.3. The van der Waals surface area contributed by atoms with Gasteiger partial charge in [-0.3, -0.25) is 9.69 Å². The number of amides is 1. The van der Waals surface area contributed by atoms with Crippen LogP contribution in [-0.4, -0.2) is 36.2 Å². The van der Waals surface area contributed by atoms with Crippen molar-refractivity contribution in [2.75, 3.05) is 25.2 Å². The van der Waals surface area contributed by atoms with Crippen molar-refractivity contribution < 1.29 is 19.0 Å². The monoisotopic (exact) mass is 522 g/mol. The average molecular weight is 523 g/mol. The Morgan fingerprint density at radius 2 is 1.64 bits per heavy atom. The highest BCUT2D eigenvalue weighted by Crippen LogP contribution is 2.33. The van der Waals surface area contributed by atoms with Crippen LogP contribution in [0, 0.1) is 0 Å². The van der Waals surface area contributed by atoms with Crippen molar-refractivity contribution in [1.82, 2.24) is 4.90 Å². The zero-order chi connectivity index (χ0) is 25.7. The average Bonchev–Trinajstić information content (AvgIpc) is 3.08. The SMILES string of the molecule is CCOc1ccc(N2C(=O)/C(=C/c3ccc(OCc4ccccc4Cl)c(OCC)c3)N(C)C2=S)cc1. The Kier molecular flexibility index (Phi) is 8.13. The number of carbonyl (C=O) groups is 1. The lowest BCUT2D eigenvalue weighted by atomic mass is 10.1. The molecule has 0 saturated carbocycles. The van der Waals surface area contributed by atoms with Gasteiger partial charge in [0.15, 0.2) is 16.6 Å². The molecular formula is C28H27ClN2O4S. The van der Waals surface area contributed by atoms with E-state index in [1.807, 2.05) is 80.6 Å². The summed E-state index contributed by atoms with van der Waals surface area (Å²) in [4.78, 5) is 16.6. The smallest absolute Gasteiger partial charge is 0.281 e. The molecule has 1 amide bonds. The standard InChI is InChI=1S/C28H27ClN2O4S/c1-4-33-22-13-11-21(12-14-22)31-27(32)24(30(3)28(31)36)16-19-10-15-25(26(17-19)34-5-2)35-18-20-8-6-7-9-23(20)29/h6-17H,4-5,18H2,1-3H3/b24-16-. The Bertz CT molecular complexity index is 1290. The second-order valence-electron chi connectivity index (χ2n) is 7.96. The van der Waals surface area contributed by atoms with Gasteiger partial charge >= 0.3 is 0 Å². The molecule has 0 unspecified atom stereocenters. The van der Waals surface area contributed by atoms with E-state index in [1.165, 1.54) is 4.90 Å². The number of benzene rings is 3. The van der Waals surface area contributed by atoms with Gasteiger partial charge in [0, 0.05) is 17.6 Å². The van der Waals surface area contributed by atoms with Crippen LogP contribution in [0.2, 0.25) is 5.02 Å². The van der Waals surface area contributed by atoms with Crippen LogP contribution in [0.5, 0.6) is 17.2 Å². The highest BCUT2D eigenvalue weighted by molar-refractivity contribution is 7.80. The molecule has 1 aliphatic rings. The van der Waals surface area contributed by atoms with Crippen LogP contribution < -0.4 is 19.1 Å². The molecule has 0 N–H and O–H groups in total. The molecule has 0 bridgehead atoms. The molecule has 1 fully saturated rings. The van der Waals surface area contributed by atoms with Crippen molar-refractivity contribution in [1.29, 1.82) is 0 Å². The van der Waals surface area contributed by atoms with E-state index < -0.39 is 0 Å². The molecule has 1 heterocycles. The van der Waals surface area contributed by atoms with Gasteiger partial charge in [0.05, 0.1) is 18.9 Å². The summed E-state index contributed by atoms with van der Waals surface area (Å²) in [6.07, 6.45) is 1.80. The van der Waals surface area contributed by atoms with Gasteiger partial charge in [-0.2, -0.15) is 0 Å². The fourth-order valence-corrected chi connectivity index (χ4v) is 4.25. The van der Waals surface area contributed by atoms with Crippen molar-refractivity contribution >= 4 is 46.6 Å². The third-order valence-electron chi connectivity index (χ3n) is 5.58. The topological polar surface area (TPSA) is 51.2 Å². The Balaban J connectivity index is 1.57. The molecule has 8 heteroatoms. The summed E-state index contributed by atoms with van der Waals surface area (Å²) in [5, 5.41) is 1.05. The van der Waals surface area contributed by atoms with Gasteiger partial charge in [0.25, 0.3) is 5.91 Å². The van der Waals surface area contributed by atoms with Crippen LogP contribution in [0.4, 0.5) is 5.69 Å². The number of halogens is 1. The van der Waals surface area contributed by atoms with Crippen LogP contribution in [0.15, 0.2) is 72.4 Å². The predicted octanol–water partition coefficient (Wildman–Crippen LogP) is 6.32. The van der Waals surface area contributed by atoms with Gasteiger partial charge in [0.2, 0.25) is 0 Å². The lowest BCUT2D eigenvalue weighted by Crippen LogP contribution is -2.31. The van der Waals surface area contributed by atoms with Crippen molar-refractivity contribution in [2.24, 2.45) is 0 Å². The molecule has 3 aromatic rings. The van der Waals surface area contributed by atoms with Gasteiger partial charge in [-0.25, -0.2) is 0 Å². The van der Waals surface area contributed by atoms with Gasteiger partial charge in [-0.15, -0.1) is 0 Å². The molecular weight excluding hydrogens is 496 g/mol. The number of hydrogen-bond donors (Lipinski definition) is 0. The highest BCUT2D eigenvalue weighted by Gasteiger charge is 2.36. The van der Waals surface area contributed by atoms with Crippen molar-refractivity contribution in [3.05, 3.63) is 88.6 Å². The Morgan fingerprint density at radius 1 is 0.917 bits per heavy atom. The molecule has 0 aliphatic carbocycles. The minimum absolute atomic E-state index is 0.205. The van der Waals surface area contributed by atoms with E-state index in [-0.39, 0.29) is 5.91 Å². The number of carbonyl (C=O) groups excluding carboxylic acids is 1. The second kappa shape index (κ2) is 11.5. The molecule has 3 aromatic carbocycles. The van der Waals surface area contributed by atoms with E-state index in [9.17, 15) is 4.79 Å². The first-order valence-electron chi connectivity index (χ1n) is 11.6. The summed E-state index contributed by atoms with van der Waals surface area (Å²) in [6.45, 7) is 5.19. The molecule has 1 saturated heterocycles. The van der Waals surface area contributed by atoms with Crippen LogP contribution >= 0.6 is 23.8 Å². The molecule has 0 atom stereocenters. The normalized spacial score (nSPS) is 14.5. The van der Waals surface area contributed by atoms with E-state index in [2.05, 4.69) is 0 Å². The molecule has 0 spiro atoms. The summed E-state index contributed by atoms with van der Waals surface area (Å²) in [5.41, 5.74) is 2.81. The largest absolute Gasteiger partial charge is 0.494 e. The second-order valence-corrected chi connectivity index (χ2v) is 8.73. The van der Waals surface area contributed by atoms with E-state index in [1.54, 1.807) is 18.0 Å². The summed E-state index contributed by atoms with van der Waals surface area (Å²) in [6, 6.07) is 20.4. The maximum Gasteiger partial charge on any atom is 0.281 e. The van der Waals surface area contributed by atoms with Crippen LogP contribution in [0.25, 0.3) is 6.08 Å². The minimum Gasteiger partial charge on any atom is -0.494 e. The minimum atomic E-state index is -0.205. The molecule has 186 valence electrons. The number of hydrogen-bond acceptors (Lipinski definition) is 5. The van der Waals surface area contributed by atoms with Crippen molar-refractivity contribution in [3.8, 4) is 17.2 Å². The van der Waals surface area contributed by atoms with Gasteiger partial charge in [-0.05, 0) is 80.2 Å². The molecule has 6 nitrogen and oxygen atoms in total. The van der Waals surface area contributed by atoms with Crippen LogP contribution in [-0.2, 0) is 11.4 Å². The van der Waals surface area contributed by atoms with E-state index in [0.29, 0.717) is 52.8 Å². The van der Waals surface area contributed by atoms with Gasteiger partial charge in [0.1, 0.15) is 18.1 Å². The Morgan fingerprint density at radius 3 is 2.33 bits per heavy atom. The Labute approximate surface area is 221 Å². The number of likely N-dealkylation sites (N-methyl/N-ethyl adjacent to an activating group) is 1. The van der Waals surface area contributed by atoms with E-state index in [0.717, 1.165) is 16.9 Å². The molecule has 36 heavy (non-hydrogen) atoms. The van der Waals surface area contributed by atoms with Crippen molar-refractivity contribution in [2.45, 2.75) is 20.5 Å². The lowest BCUT2D eigenvalue weighted by Gasteiger charge is -2.16. The number of nitrogens with zero attached hydrogens (tertiary/aromatic N) is 2. The van der Waals surface area contributed by atoms with Crippen LogP contribution in [0.1, 0.15) is 25.0 Å². The highest BCUT2D eigenvalue weighted by atomic mass is 35.5. The van der Waals surface area contributed by atoms with Crippen molar-refractivity contribution in [3.63, 3.8) is 0 Å². The fraction of sp³-hybridized carbons (Fsp3) is 0.214. The first-order chi connectivity index (χ1) is 17.4. The van der Waals surface area contributed by atoms with Gasteiger partial charge < -0.3 is 19.1 Å². The quantitative estimate of drug-likeness (QED) is 0.242. The molecule has 4 rings (SSSR count). The van der Waals surface area contributed by atoms with Crippen LogP contribution in [0.3, 0.4) is 0 Å². The zero-order valence-corrected chi connectivity index (χ0v) is 21.9. The maximum absolute atomic E-state index is 13.3. The van der Waals surface area contributed by atoms with E-state index >= 15 is 0 Å². The summed E-state index contributed by atoms with van der Waals surface area (Å²) >= 11 is 11.8. The number of ether oxygens (including phenoxy) is 3. The predicted molar refractivity (Wildman–Crippen MR) is 147 cm³/mol. The fourth-order valence-electron chi connectivity index (χ4n) is 3.77. The molecule has 0 radical (unpaired) electrons.